The molecule has 21 heavy (non-hydrogen) atoms. The van der Waals surface area contributed by atoms with Crippen LogP contribution in [0.5, 0.6) is 0 Å². The summed E-state index contributed by atoms with van der Waals surface area (Å²) in [5, 5.41) is 12.8. The first-order chi connectivity index (χ1) is 10.1. The number of rotatable bonds is 6. The highest BCUT2D eigenvalue weighted by Gasteiger charge is 2.50. The molecule has 2 aliphatic carbocycles. The monoisotopic (exact) mass is 309 g/mol. The molecule has 1 aromatic carbocycles. The summed E-state index contributed by atoms with van der Waals surface area (Å²) in [7, 11) is 0. The maximum atomic E-state index is 12.8. The van der Waals surface area contributed by atoms with E-state index in [0.29, 0.717) is 11.8 Å². The largest absolute Gasteiger partial charge is 0.481 e. The van der Waals surface area contributed by atoms with Gasteiger partial charge in [-0.25, -0.2) is 4.39 Å². The minimum atomic E-state index is -0.647. The Morgan fingerprint density at radius 2 is 2.00 bits per heavy atom. The van der Waals surface area contributed by atoms with Gasteiger partial charge in [-0.05, 0) is 55.4 Å². The predicted molar refractivity (Wildman–Crippen MR) is 80.9 cm³/mol. The number of thioether (sulfide) groups is 1. The highest BCUT2D eigenvalue weighted by atomic mass is 32.2. The Kier molecular flexibility index (Phi) is 4.50. The molecule has 2 saturated carbocycles. The second-order valence-corrected chi connectivity index (χ2v) is 7.15. The maximum Gasteiger partial charge on any atom is 0.308 e. The van der Waals surface area contributed by atoms with Gasteiger partial charge in [0, 0.05) is 23.2 Å². The van der Waals surface area contributed by atoms with Crippen LogP contribution in [0.2, 0.25) is 0 Å². The molecule has 0 heterocycles. The minimum absolute atomic E-state index is 0.134. The van der Waals surface area contributed by atoms with Crippen molar-refractivity contribution in [3.8, 4) is 0 Å². The van der Waals surface area contributed by atoms with Crippen LogP contribution in [0.15, 0.2) is 29.2 Å². The molecular formula is C16H20FNO2S. The lowest BCUT2D eigenvalue weighted by Crippen LogP contribution is -2.44. The Morgan fingerprint density at radius 1 is 1.29 bits per heavy atom. The quantitative estimate of drug-likeness (QED) is 0.626. The van der Waals surface area contributed by atoms with Gasteiger partial charge in [0.25, 0.3) is 0 Å². The molecule has 2 fully saturated rings. The molecule has 2 aliphatic rings. The molecule has 3 nitrogen and oxygen atoms in total. The van der Waals surface area contributed by atoms with Gasteiger partial charge in [-0.1, -0.05) is 0 Å². The zero-order valence-electron chi connectivity index (χ0n) is 11.8. The third kappa shape index (κ3) is 3.24. The standard InChI is InChI=1S/C16H20FNO2S/c17-12-3-5-13(6-4-12)21-8-7-18-15-11-2-1-10(9-11)14(15)16(19)20/h3-6,10-11,14-15,18H,1-2,7-9H2,(H,19,20). The first-order valence-electron chi connectivity index (χ1n) is 7.49. The summed E-state index contributed by atoms with van der Waals surface area (Å²) in [5.41, 5.74) is 0. The van der Waals surface area contributed by atoms with Crippen molar-refractivity contribution in [2.75, 3.05) is 12.3 Å². The van der Waals surface area contributed by atoms with Gasteiger partial charge in [-0.2, -0.15) is 0 Å². The van der Waals surface area contributed by atoms with E-state index in [-0.39, 0.29) is 17.8 Å². The summed E-state index contributed by atoms with van der Waals surface area (Å²) in [6.07, 6.45) is 3.31. The number of benzene rings is 1. The van der Waals surface area contributed by atoms with Crippen molar-refractivity contribution in [2.24, 2.45) is 17.8 Å². The Labute approximate surface area is 128 Å². The fourth-order valence-corrected chi connectivity index (χ4v) is 4.65. The third-order valence-corrected chi connectivity index (χ3v) is 5.78. The lowest BCUT2D eigenvalue weighted by molar-refractivity contribution is -0.144. The number of hydrogen-bond acceptors (Lipinski definition) is 3. The first kappa shape index (κ1) is 14.9. The van der Waals surface area contributed by atoms with Crippen LogP contribution in [0.1, 0.15) is 19.3 Å². The topological polar surface area (TPSA) is 49.3 Å². The minimum Gasteiger partial charge on any atom is -0.481 e. The number of aliphatic carboxylic acids is 1. The molecule has 5 heteroatoms. The molecule has 3 rings (SSSR count). The summed E-state index contributed by atoms with van der Waals surface area (Å²) in [4.78, 5) is 12.4. The average molecular weight is 309 g/mol. The Morgan fingerprint density at radius 3 is 2.71 bits per heavy atom. The van der Waals surface area contributed by atoms with Crippen LogP contribution in [0.4, 0.5) is 4.39 Å². The highest BCUT2D eigenvalue weighted by molar-refractivity contribution is 7.99. The van der Waals surface area contributed by atoms with E-state index in [4.69, 9.17) is 0 Å². The molecule has 1 aromatic rings. The van der Waals surface area contributed by atoms with E-state index < -0.39 is 5.97 Å². The van der Waals surface area contributed by atoms with Crippen LogP contribution in [0.3, 0.4) is 0 Å². The van der Waals surface area contributed by atoms with Crippen molar-refractivity contribution >= 4 is 17.7 Å². The van der Waals surface area contributed by atoms with E-state index in [9.17, 15) is 14.3 Å². The molecule has 0 saturated heterocycles. The summed E-state index contributed by atoms with van der Waals surface area (Å²) in [6, 6.07) is 6.61. The second-order valence-electron chi connectivity index (χ2n) is 5.98. The van der Waals surface area contributed by atoms with Gasteiger partial charge in [0.1, 0.15) is 5.82 Å². The zero-order valence-corrected chi connectivity index (χ0v) is 12.6. The summed E-state index contributed by atoms with van der Waals surface area (Å²) >= 11 is 1.67. The molecule has 114 valence electrons. The molecule has 2 N–H and O–H groups in total. The van der Waals surface area contributed by atoms with Crippen molar-refractivity contribution in [1.29, 1.82) is 0 Å². The lowest BCUT2D eigenvalue weighted by atomic mass is 9.84. The Bertz CT molecular complexity index is 508. The molecule has 0 amide bonds. The fourth-order valence-electron chi connectivity index (χ4n) is 3.87. The molecule has 2 bridgehead atoms. The summed E-state index contributed by atoms with van der Waals surface area (Å²) in [5.74, 6) is 0.696. The predicted octanol–water partition coefficient (Wildman–Crippen LogP) is 3.01. The fraction of sp³-hybridized carbons (Fsp3) is 0.562. The van der Waals surface area contributed by atoms with E-state index in [1.54, 1.807) is 23.9 Å². The molecule has 0 spiro atoms. The number of carboxylic acid groups (broad SMARTS) is 1. The Hall–Kier alpha value is -1.07. The maximum absolute atomic E-state index is 12.8. The van der Waals surface area contributed by atoms with Crippen molar-refractivity contribution < 1.29 is 14.3 Å². The number of carbonyl (C=O) groups is 1. The highest BCUT2D eigenvalue weighted by Crippen LogP contribution is 2.48. The van der Waals surface area contributed by atoms with Crippen molar-refractivity contribution in [2.45, 2.75) is 30.2 Å². The third-order valence-electron chi connectivity index (χ3n) is 4.77. The van der Waals surface area contributed by atoms with E-state index >= 15 is 0 Å². The van der Waals surface area contributed by atoms with Crippen LogP contribution < -0.4 is 5.32 Å². The van der Waals surface area contributed by atoms with Gasteiger partial charge >= 0.3 is 5.97 Å². The van der Waals surface area contributed by atoms with Gasteiger partial charge < -0.3 is 10.4 Å². The van der Waals surface area contributed by atoms with Crippen LogP contribution >= 0.6 is 11.8 Å². The van der Waals surface area contributed by atoms with Crippen molar-refractivity contribution in [1.82, 2.24) is 5.32 Å². The second kappa shape index (κ2) is 6.36. The molecule has 4 atom stereocenters. The normalized spacial score (nSPS) is 30.7. The van der Waals surface area contributed by atoms with E-state index in [0.717, 1.165) is 36.5 Å². The average Bonchev–Trinajstić information content (AvgIpc) is 3.06. The molecule has 4 unspecified atom stereocenters. The van der Waals surface area contributed by atoms with Crippen LogP contribution in [-0.2, 0) is 4.79 Å². The van der Waals surface area contributed by atoms with Gasteiger partial charge in [0.2, 0.25) is 0 Å². The number of hydrogen-bond donors (Lipinski definition) is 2. The van der Waals surface area contributed by atoms with E-state index in [1.165, 1.54) is 12.1 Å². The van der Waals surface area contributed by atoms with E-state index in [2.05, 4.69) is 5.32 Å². The Balaban J connectivity index is 1.46. The summed E-state index contributed by atoms with van der Waals surface area (Å²) < 4.78 is 12.8. The van der Waals surface area contributed by atoms with E-state index in [1.807, 2.05) is 0 Å². The lowest BCUT2D eigenvalue weighted by Gasteiger charge is -2.29. The SMILES string of the molecule is O=C(O)C1C2CCC(C2)C1NCCSc1ccc(F)cc1. The van der Waals surface area contributed by atoms with Crippen LogP contribution in [-0.4, -0.2) is 29.4 Å². The molecular weight excluding hydrogens is 289 g/mol. The zero-order chi connectivity index (χ0) is 14.8. The number of halogens is 1. The van der Waals surface area contributed by atoms with Crippen LogP contribution in [0, 0.1) is 23.6 Å². The van der Waals surface area contributed by atoms with Crippen molar-refractivity contribution in [3.63, 3.8) is 0 Å². The van der Waals surface area contributed by atoms with Crippen LogP contribution in [0.25, 0.3) is 0 Å². The first-order valence-corrected chi connectivity index (χ1v) is 8.48. The molecule has 0 aromatic heterocycles. The van der Waals surface area contributed by atoms with Gasteiger partial charge in [0.15, 0.2) is 0 Å². The van der Waals surface area contributed by atoms with Gasteiger partial charge in [-0.15, -0.1) is 11.8 Å². The summed E-state index contributed by atoms with van der Waals surface area (Å²) in [6.45, 7) is 0.791. The number of fused-ring (bicyclic) bond motifs is 2. The number of nitrogens with one attached hydrogen (secondary N) is 1. The van der Waals surface area contributed by atoms with Gasteiger partial charge in [-0.3, -0.25) is 4.79 Å². The number of carboxylic acids is 1. The van der Waals surface area contributed by atoms with Gasteiger partial charge in [0.05, 0.1) is 5.92 Å². The smallest absolute Gasteiger partial charge is 0.308 e. The van der Waals surface area contributed by atoms with Crippen molar-refractivity contribution in [3.05, 3.63) is 30.1 Å². The molecule has 0 radical (unpaired) electrons. The molecule has 0 aliphatic heterocycles.